The molecule has 1 unspecified atom stereocenters. The molecule has 1 rings (SSSR count). The van der Waals surface area contributed by atoms with Crippen LogP contribution in [0.25, 0.3) is 0 Å². The first kappa shape index (κ1) is 24.6. The number of nitrogens with one attached hydrogen (secondary N) is 1. The van der Waals surface area contributed by atoms with Gasteiger partial charge in [0.1, 0.15) is 10.6 Å². The van der Waals surface area contributed by atoms with Gasteiger partial charge in [-0.3, -0.25) is 4.79 Å². The lowest BCUT2D eigenvalue weighted by Crippen LogP contribution is -2.64. The number of hydrogen-bond donors (Lipinski definition) is 1. The second-order valence-corrected chi connectivity index (χ2v) is 9.05. The van der Waals surface area contributed by atoms with Crippen LogP contribution in [-0.2, 0) is 26.4 Å². The Bertz CT molecular complexity index is 669. The summed E-state index contributed by atoms with van der Waals surface area (Å²) < 4.78 is 90.7. The number of esters is 1. The number of ether oxygens (including phenoxy) is 1. The van der Waals surface area contributed by atoms with Crippen LogP contribution in [0.5, 0.6) is 0 Å². The highest BCUT2D eigenvalue weighted by Crippen LogP contribution is 2.47. The Morgan fingerprint density at radius 2 is 1.82 bits per heavy atom. The topological polar surface area (TPSA) is 61.4 Å². The van der Waals surface area contributed by atoms with E-state index in [2.05, 4.69) is 4.74 Å². The van der Waals surface area contributed by atoms with E-state index in [0.717, 1.165) is 24.3 Å². The van der Waals surface area contributed by atoms with Gasteiger partial charge in [0.05, 0.1) is 13.0 Å². The van der Waals surface area contributed by atoms with Crippen molar-refractivity contribution in [1.82, 2.24) is 4.72 Å². The molecule has 160 valence electrons. The van der Waals surface area contributed by atoms with Crippen LogP contribution in [0.1, 0.15) is 46.1 Å². The molecule has 1 aromatic rings. The van der Waals surface area contributed by atoms with Crippen molar-refractivity contribution in [1.29, 1.82) is 0 Å². The quantitative estimate of drug-likeness (QED) is 0.361. The van der Waals surface area contributed by atoms with Crippen molar-refractivity contribution in [3.63, 3.8) is 0 Å². The molecule has 0 amide bonds. The summed E-state index contributed by atoms with van der Waals surface area (Å²) in [4.78, 5) is 11.5. The molecular formula is C18H24F5NO3S. The van der Waals surface area contributed by atoms with Crippen LogP contribution >= 0.6 is 0 Å². The molecular weight excluding hydrogens is 405 g/mol. The second-order valence-electron chi connectivity index (χ2n) is 7.08. The highest BCUT2D eigenvalue weighted by atomic mass is 32.2. The average Bonchev–Trinajstić information content (AvgIpc) is 2.57. The van der Waals surface area contributed by atoms with Crippen molar-refractivity contribution in [2.45, 2.75) is 63.2 Å². The lowest BCUT2D eigenvalue weighted by molar-refractivity contribution is -0.162. The average molecular weight is 429 g/mol. The third-order valence-electron chi connectivity index (χ3n) is 3.96. The predicted octanol–water partition coefficient (Wildman–Crippen LogP) is 4.32. The Hall–Kier alpha value is -1.39. The van der Waals surface area contributed by atoms with Gasteiger partial charge in [-0.05, 0) is 33.8 Å². The minimum absolute atomic E-state index is 0.0655. The SMILES string of the molecule is CCOC(=O)CCC(F)(F)C(N[S@+]([O-])C(C)(C)C)(c1ccccc1F)C(F)F. The molecule has 0 bridgehead atoms. The van der Waals surface area contributed by atoms with Gasteiger partial charge in [-0.25, -0.2) is 22.0 Å². The molecule has 1 aromatic carbocycles. The van der Waals surface area contributed by atoms with Crippen LogP contribution in [0.2, 0.25) is 0 Å². The summed E-state index contributed by atoms with van der Waals surface area (Å²) in [5.41, 5.74) is -4.64. The van der Waals surface area contributed by atoms with Gasteiger partial charge in [0.15, 0.2) is 0 Å². The Kier molecular flexibility index (Phi) is 8.28. The lowest BCUT2D eigenvalue weighted by atomic mass is 9.82. The largest absolute Gasteiger partial charge is 0.598 e. The summed E-state index contributed by atoms with van der Waals surface area (Å²) in [6.45, 7) is 5.58. The maximum Gasteiger partial charge on any atom is 0.305 e. The Balaban J connectivity index is 3.51. The molecule has 0 saturated heterocycles. The second kappa shape index (κ2) is 9.41. The number of benzene rings is 1. The molecule has 0 fully saturated rings. The fourth-order valence-corrected chi connectivity index (χ4v) is 3.37. The van der Waals surface area contributed by atoms with Crippen LogP contribution in [0.3, 0.4) is 0 Å². The molecule has 10 heteroatoms. The van der Waals surface area contributed by atoms with Crippen LogP contribution < -0.4 is 4.72 Å². The van der Waals surface area contributed by atoms with Crippen molar-refractivity contribution in [2.24, 2.45) is 0 Å². The van der Waals surface area contributed by atoms with Crippen molar-refractivity contribution in [2.75, 3.05) is 6.61 Å². The number of hydrogen-bond acceptors (Lipinski definition) is 4. The summed E-state index contributed by atoms with van der Waals surface area (Å²) in [7, 11) is 0. The molecule has 0 saturated carbocycles. The van der Waals surface area contributed by atoms with Crippen LogP contribution in [0, 0.1) is 5.82 Å². The third-order valence-corrected chi connectivity index (χ3v) is 5.58. The Morgan fingerprint density at radius 3 is 2.29 bits per heavy atom. The number of alkyl halides is 4. The van der Waals surface area contributed by atoms with Gasteiger partial charge >= 0.3 is 5.97 Å². The molecule has 0 spiro atoms. The Morgan fingerprint density at radius 1 is 1.25 bits per heavy atom. The number of carbonyl (C=O) groups excluding carboxylic acids is 1. The molecule has 0 aliphatic heterocycles. The van der Waals surface area contributed by atoms with Gasteiger partial charge in [-0.1, -0.05) is 18.2 Å². The molecule has 28 heavy (non-hydrogen) atoms. The van der Waals surface area contributed by atoms with Gasteiger partial charge in [-0.15, -0.1) is 4.72 Å². The van der Waals surface area contributed by atoms with Gasteiger partial charge < -0.3 is 9.29 Å². The molecule has 0 aliphatic rings. The van der Waals surface area contributed by atoms with Gasteiger partial charge in [0.2, 0.25) is 5.54 Å². The van der Waals surface area contributed by atoms with Crippen molar-refractivity contribution in [3.8, 4) is 0 Å². The van der Waals surface area contributed by atoms with Crippen molar-refractivity contribution < 1.29 is 36.0 Å². The normalized spacial score (nSPS) is 16.0. The fourth-order valence-electron chi connectivity index (χ4n) is 2.42. The van der Waals surface area contributed by atoms with E-state index in [1.165, 1.54) is 27.7 Å². The van der Waals surface area contributed by atoms with Crippen LogP contribution in [-0.4, -0.2) is 34.2 Å². The molecule has 2 atom stereocenters. The maximum atomic E-state index is 15.2. The maximum absolute atomic E-state index is 15.2. The summed E-state index contributed by atoms with van der Waals surface area (Å²) >= 11 is -2.39. The number of halogens is 5. The van der Waals surface area contributed by atoms with E-state index in [0.29, 0.717) is 0 Å². The van der Waals surface area contributed by atoms with E-state index in [-0.39, 0.29) is 6.61 Å². The minimum Gasteiger partial charge on any atom is -0.598 e. The molecule has 4 nitrogen and oxygen atoms in total. The number of carbonyl (C=O) groups is 1. The van der Waals surface area contributed by atoms with Crippen LogP contribution in [0.15, 0.2) is 24.3 Å². The zero-order valence-electron chi connectivity index (χ0n) is 16.0. The zero-order valence-corrected chi connectivity index (χ0v) is 16.8. The predicted molar refractivity (Wildman–Crippen MR) is 95.9 cm³/mol. The van der Waals surface area contributed by atoms with Gasteiger partial charge in [-0.2, -0.15) is 0 Å². The zero-order chi connectivity index (χ0) is 21.8. The summed E-state index contributed by atoms with van der Waals surface area (Å²) in [5.74, 6) is -6.65. The molecule has 0 aromatic heterocycles. The lowest BCUT2D eigenvalue weighted by Gasteiger charge is -2.41. The monoisotopic (exact) mass is 429 g/mol. The van der Waals surface area contributed by atoms with Crippen molar-refractivity contribution in [3.05, 3.63) is 35.6 Å². The third kappa shape index (κ3) is 5.36. The summed E-state index contributed by atoms with van der Waals surface area (Å²) in [6.07, 6.45) is -6.06. The Labute approximate surface area is 164 Å². The van der Waals surface area contributed by atoms with E-state index in [9.17, 15) is 22.5 Å². The van der Waals surface area contributed by atoms with E-state index in [1.54, 1.807) is 4.72 Å². The standard InChI is InChI=1S/C18H24F5NO3S/c1-5-27-14(25)10-11-17(22,23)18(15(20)21,24-28(26)16(2,3)4)12-8-6-7-9-13(12)19/h6-9,15,24H,5,10-11H2,1-4H3/t18?,28-/m1/s1. The van der Waals surface area contributed by atoms with E-state index < -0.39 is 64.2 Å². The number of rotatable bonds is 9. The van der Waals surface area contributed by atoms with E-state index in [1.807, 2.05) is 0 Å². The highest BCUT2D eigenvalue weighted by Gasteiger charge is 2.65. The van der Waals surface area contributed by atoms with Crippen LogP contribution in [0.4, 0.5) is 22.0 Å². The highest BCUT2D eigenvalue weighted by molar-refractivity contribution is 7.90. The summed E-state index contributed by atoms with van der Waals surface area (Å²) in [6, 6.07) is 3.83. The molecule has 1 N–H and O–H groups in total. The first-order valence-corrected chi connectivity index (χ1v) is 9.71. The smallest absolute Gasteiger partial charge is 0.305 e. The molecule has 0 radical (unpaired) electrons. The molecule has 0 aliphatic carbocycles. The first-order chi connectivity index (χ1) is 12.8. The fraction of sp³-hybridized carbons (Fsp3) is 0.611. The molecule has 0 heterocycles. The first-order valence-electron chi connectivity index (χ1n) is 8.56. The van der Waals surface area contributed by atoms with Crippen molar-refractivity contribution >= 4 is 17.3 Å². The van der Waals surface area contributed by atoms with Gasteiger partial charge in [0.25, 0.3) is 12.3 Å². The van der Waals surface area contributed by atoms with E-state index >= 15 is 8.78 Å². The summed E-state index contributed by atoms with van der Waals surface area (Å²) in [5, 5.41) is 0. The van der Waals surface area contributed by atoms with Gasteiger partial charge in [0, 0.05) is 23.3 Å². The minimum atomic E-state index is -4.34. The van der Waals surface area contributed by atoms with E-state index in [4.69, 9.17) is 0 Å².